The van der Waals surface area contributed by atoms with Gasteiger partial charge in [0, 0.05) is 4.47 Å². The van der Waals surface area contributed by atoms with Crippen molar-refractivity contribution in [2.45, 2.75) is 26.7 Å². The van der Waals surface area contributed by atoms with E-state index in [-0.39, 0.29) is 13.0 Å². The lowest BCUT2D eigenvalue weighted by atomic mass is 9.84. The molecule has 1 atom stereocenters. The van der Waals surface area contributed by atoms with Crippen molar-refractivity contribution in [2.24, 2.45) is 5.41 Å². The maximum Gasteiger partial charge on any atom is 0.323 e. The highest BCUT2D eigenvalue weighted by Crippen LogP contribution is 2.26. The molecular weight excluding hydrogens is 312 g/mol. The smallest absolute Gasteiger partial charge is 0.323 e. The van der Waals surface area contributed by atoms with Crippen LogP contribution >= 0.6 is 15.9 Å². The number of hydrogen-bond donors (Lipinski definition) is 1. The first-order valence-corrected chi connectivity index (χ1v) is 6.84. The van der Waals surface area contributed by atoms with Crippen molar-refractivity contribution < 1.29 is 19.4 Å². The van der Waals surface area contributed by atoms with Crippen molar-refractivity contribution in [2.75, 3.05) is 6.61 Å². The lowest BCUT2D eigenvalue weighted by Gasteiger charge is -2.22. The van der Waals surface area contributed by atoms with Gasteiger partial charge in [0.2, 0.25) is 0 Å². The Labute approximate surface area is 120 Å². The first kappa shape index (κ1) is 15.7. The van der Waals surface area contributed by atoms with Gasteiger partial charge in [-0.3, -0.25) is 9.59 Å². The molecule has 1 rings (SSSR count). The molecule has 0 radical (unpaired) electrons. The van der Waals surface area contributed by atoms with Crippen LogP contribution in [-0.4, -0.2) is 23.7 Å². The Morgan fingerprint density at radius 3 is 2.37 bits per heavy atom. The average molecular weight is 329 g/mol. The average Bonchev–Trinajstić information content (AvgIpc) is 2.37. The predicted octanol–water partition coefficient (Wildman–Crippen LogP) is 3.04. The number of hydrogen-bond acceptors (Lipinski definition) is 3. The van der Waals surface area contributed by atoms with Crippen LogP contribution in [0.5, 0.6) is 0 Å². The van der Waals surface area contributed by atoms with Gasteiger partial charge in [0.05, 0.1) is 6.61 Å². The summed E-state index contributed by atoms with van der Waals surface area (Å²) in [4.78, 5) is 23.1. The molecule has 19 heavy (non-hydrogen) atoms. The van der Waals surface area contributed by atoms with Gasteiger partial charge in [-0.1, -0.05) is 28.1 Å². The molecule has 104 valence electrons. The van der Waals surface area contributed by atoms with E-state index in [1.165, 1.54) is 6.92 Å². The summed E-state index contributed by atoms with van der Waals surface area (Å²) in [5, 5.41) is 9.24. The van der Waals surface area contributed by atoms with Crippen LogP contribution in [0.2, 0.25) is 0 Å². The molecule has 0 bridgehead atoms. The Morgan fingerprint density at radius 2 is 1.89 bits per heavy atom. The Hall–Kier alpha value is -1.36. The Morgan fingerprint density at radius 1 is 1.32 bits per heavy atom. The number of esters is 1. The second-order valence-corrected chi connectivity index (χ2v) is 5.40. The van der Waals surface area contributed by atoms with Crippen LogP contribution in [0.4, 0.5) is 0 Å². The van der Waals surface area contributed by atoms with Crippen molar-refractivity contribution >= 4 is 27.9 Å². The summed E-state index contributed by atoms with van der Waals surface area (Å²) in [7, 11) is 0. The molecule has 0 aliphatic rings. The fourth-order valence-corrected chi connectivity index (χ4v) is 1.90. The first-order valence-electron chi connectivity index (χ1n) is 6.05. The number of benzene rings is 1. The SMILES string of the molecule is CCOC(=O)C(C)(CCc1ccc(Br)cc1)C(=O)O. The third-order valence-electron chi connectivity index (χ3n) is 3.02. The van der Waals surface area contributed by atoms with Gasteiger partial charge in [0.25, 0.3) is 0 Å². The fourth-order valence-electron chi connectivity index (χ4n) is 1.63. The highest BCUT2D eigenvalue weighted by Gasteiger charge is 2.42. The van der Waals surface area contributed by atoms with Crippen LogP contribution in [-0.2, 0) is 20.7 Å². The number of halogens is 1. The van der Waals surface area contributed by atoms with E-state index >= 15 is 0 Å². The molecule has 1 aromatic carbocycles. The van der Waals surface area contributed by atoms with Crippen molar-refractivity contribution in [3.05, 3.63) is 34.3 Å². The van der Waals surface area contributed by atoms with Crippen LogP contribution in [0.15, 0.2) is 28.7 Å². The molecule has 1 N–H and O–H groups in total. The number of carbonyl (C=O) groups excluding carboxylic acids is 1. The molecule has 0 saturated carbocycles. The second kappa shape index (κ2) is 6.70. The molecule has 0 spiro atoms. The number of carbonyl (C=O) groups is 2. The van der Waals surface area contributed by atoms with Crippen molar-refractivity contribution in [3.8, 4) is 0 Å². The number of aryl methyl sites for hydroxylation is 1. The summed E-state index contributed by atoms with van der Waals surface area (Å²) in [6.07, 6.45) is 0.720. The Kier molecular flexibility index (Phi) is 5.54. The minimum Gasteiger partial charge on any atom is -0.480 e. The highest BCUT2D eigenvalue weighted by molar-refractivity contribution is 9.10. The number of carboxylic acids is 1. The molecule has 5 heteroatoms. The standard InChI is InChI=1S/C14H17BrO4/c1-3-19-13(18)14(2,12(16)17)9-8-10-4-6-11(15)7-5-10/h4-7H,3,8-9H2,1-2H3,(H,16,17). The van der Waals surface area contributed by atoms with E-state index in [4.69, 9.17) is 4.74 Å². The van der Waals surface area contributed by atoms with Gasteiger partial charge in [-0.2, -0.15) is 0 Å². The summed E-state index contributed by atoms with van der Waals surface area (Å²) in [6.45, 7) is 3.25. The van der Waals surface area contributed by atoms with Crippen LogP contribution in [0, 0.1) is 5.41 Å². The van der Waals surface area contributed by atoms with Crippen LogP contribution < -0.4 is 0 Å². The van der Waals surface area contributed by atoms with Gasteiger partial charge in [-0.25, -0.2) is 0 Å². The van der Waals surface area contributed by atoms with Gasteiger partial charge >= 0.3 is 11.9 Å². The number of rotatable bonds is 6. The Bertz CT molecular complexity index is 455. The quantitative estimate of drug-likeness (QED) is 0.644. The topological polar surface area (TPSA) is 63.6 Å². The van der Waals surface area contributed by atoms with Crippen molar-refractivity contribution in [1.82, 2.24) is 0 Å². The number of ether oxygens (including phenoxy) is 1. The molecule has 1 aromatic rings. The van der Waals surface area contributed by atoms with Crippen LogP contribution in [0.25, 0.3) is 0 Å². The van der Waals surface area contributed by atoms with E-state index in [0.717, 1.165) is 10.0 Å². The maximum atomic E-state index is 11.8. The molecular formula is C14H17BrO4. The summed E-state index contributed by atoms with van der Waals surface area (Å²) >= 11 is 3.33. The lowest BCUT2D eigenvalue weighted by Crippen LogP contribution is -2.38. The van der Waals surface area contributed by atoms with Gasteiger partial charge < -0.3 is 9.84 Å². The zero-order valence-electron chi connectivity index (χ0n) is 11.0. The van der Waals surface area contributed by atoms with Crippen LogP contribution in [0.3, 0.4) is 0 Å². The van der Waals surface area contributed by atoms with E-state index in [2.05, 4.69) is 15.9 Å². The minimum atomic E-state index is -1.50. The largest absolute Gasteiger partial charge is 0.480 e. The zero-order valence-corrected chi connectivity index (χ0v) is 12.6. The van der Waals surface area contributed by atoms with Gasteiger partial charge in [-0.15, -0.1) is 0 Å². The third kappa shape index (κ3) is 4.06. The summed E-state index contributed by atoms with van der Waals surface area (Å²) < 4.78 is 5.81. The summed E-state index contributed by atoms with van der Waals surface area (Å²) in [6, 6.07) is 7.57. The van der Waals surface area contributed by atoms with Crippen molar-refractivity contribution in [3.63, 3.8) is 0 Å². The van der Waals surface area contributed by atoms with E-state index in [9.17, 15) is 14.7 Å². The molecule has 0 aliphatic heterocycles. The normalized spacial score (nSPS) is 13.6. The zero-order chi connectivity index (χ0) is 14.5. The van der Waals surface area contributed by atoms with Crippen LogP contribution in [0.1, 0.15) is 25.8 Å². The molecule has 0 aliphatic carbocycles. The van der Waals surface area contributed by atoms with E-state index in [1.807, 2.05) is 24.3 Å². The lowest BCUT2D eigenvalue weighted by molar-refractivity contribution is -0.167. The first-order chi connectivity index (χ1) is 8.90. The Balaban J connectivity index is 2.77. The summed E-state index contributed by atoms with van der Waals surface area (Å²) in [5.74, 6) is -1.83. The number of aliphatic carboxylic acids is 1. The monoisotopic (exact) mass is 328 g/mol. The predicted molar refractivity (Wildman–Crippen MR) is 74.8 cm³/mol. The van der Waals surface area contributed by atoms with Gasteiger partial charge in [0.15, 0.2) is 5.41 Å². The number of carboxylic acid groups (broad SMARTS) is 1. The van der Waals surface area contributed by atoms with Crippen molar-refractivity contribution in [1.29, 1.82) is 0 Å². The molecule has 4 nitrogen and oxygen atoms in total. The fraction of sp³-hybridized carbons (Fsp3) is 0.429. The molecule has 1 unspecified atom stereocenters. The molecule has 0 aromatic heterocycles. The maximum absolute atomic E-state index is 11.8. The molecule has 0 saturated heterocycles. The third-order valence-corrected chi connectivity index (χ3v) is 3.55. The molecule has 0 heterocycles. The van der Waals surface area contributed by atoms with Gasteiger partial charge in [-0.05, 0) is 44.4 Å². The molecule has 0 amide bonds. The highest BCUT2D eigenvalue weighted by atomic mass is 79.9. The second-order valence-electron chi connectivity index (χ2n) is 4.48. The summed E-state index contributed by atoms with van der Waals surface area (Å²) in [5.41, 5.74) is -0.511. The molecule has 0 fully saturated rings. The van der Waals surface area contributed by atoms with E-state index in [0.29, 0.717) is 6.42 Å². The van der Waals surface area contributed by atoms with E-state index < -0.39 is 17.4 Å². The van der Waals surface area contributed by atoms with E-state index in [1.54, 1.807) is 6.92 Å². The van der Waals surface area contributed by atoms with Gasteiger partial charge in [0.1, 0.15) is 0 Å². The minimum absolute atomic E-state index is 0.181.